The van der Waals surface area contributed by atoms with Crippen molar-refractivity contribution in [1.29, 1.82) is 0 Å². The van der Waals surface area contributed by atoms with E-state index in [1.165, 1.54) is 9.76 Å². The van der Waals surface area contributed by atoms with Crippen LogP contribution in [-0.4, -0.2) is 25.0 Å². The van der Waals surface area contributed by atoms with E-state index in [4.69, 9.17) is 0 Å². The molecule has 0 saturated heterocycles. The number of nitrogens with one attached hydrogen (secondary N) is 1. The predicted molar refractivity (Wildman–Crippen MR) is 45.9 cm³/mol. The molecule has 1 N–H and O–H groups in total. The normalized spacial score (nSPS) is 16.5. The van der Waals surface area contributed by atoms with Gasteiger partial charge in [0.05, 0.1) is 9.20 Å². The molecule has 0 radical (unpaired) electrons. The largest absolute Gasteiger partial charge is 0.343 e. The molecule has 0 fully saturated rings. The minimum atomic E-state index is 0.213. The lowest BCUT2D eigenvalue weighted by molar-refractivity contribution is 0.496. The summed E-state index contributed by atoms with van der Waals surface area (Å²) in [6, 6.07) is 0.763. The minimum absolute atomic E-state index is 0.213. The molecule has 0 aliphatic carbocycles. The van der Waals surface area contributed by atoms with Crippen LogP contribution < -0.4 is 4.98 Å². The maximum absolute atomic E-state index is 3.55. The zero-order valence-electron chi connectivity index (χ0n) is 6.36. The minimum Gasteiger partial charge on any atom is -0.343 e. The maximum atomic E-state index is 3.55. The van der Waals surface area contributed by atoms with Crippen molar-refractivity contribution < 1.29 is 0 Å². The SMILES string of the molecule is CC(C)C(C)N[SiH2][SiH3]. The molecule has 50 valence electrons. The standard InChI is InChI=1S/C5H17NSi2/c1-4(2)5(3)6-8-7/h4-6H,8H2,1-3,7H3. The molecular weight excluding hydrogens is 130 g/mol. The molecular formula is C5H17NSi2. The average Bonchev–Trinajstić information content (AvgIpc) is 1.67. The van der Waals surface area contributed by atoms with Crippen LogP contribution in [-0.2, 0) is 0 Å². The first-order chi connectivity index (χ1) is 3.68. The Labute approximate surface area is 57.4 Å². The molecule has 0 aromatic rings. The fourth-order valence-electron chi connectivity index (χ4n) is 0.558. The third-order valence-corrected chi connectivity index (χ3v) is 3.80. The summed E-state index contributed by atoms with van der Waals surface area (Å²) < 4.78 is 0. The molecule has 0 heterocycles. The fourth-order valence-corrected chi connectivity index (χ4v) is 3.60. The van der Waals surface area contributed by atoms with Crippen LogP contribution in [0, 0.1) is 5.92 Å². The third-order valence-electron chi connectivity index (χ3n) is 1.53. The lowest BCUT2D eigenvalue weighted by Gasteiger charge is -2.15. The van der Waals surface area contributed by atoms with Gasteiger partial charge in [-0.15, -0.1) is 0 Å². The highest BCUT2D eigenvalue weighted by atomic mass is 29.1. The van der Waals surface area contributed by atoms with Crippen molar-refractivity contribution in [3.8, 4) is 0 Å². The summed E-state index contributed by atoms with van der Waals surface area (Å²) >= 11 is 0. The monoisotopic (exact) mass is 147 g/mol. The van der Waals surface area contributed by atoms with E-state index in [1.54, 1.807) is 0 Å². The predicted octanol–water partition coefficient (Wildman–Crippen LogP) is -1.02. The Bertz CT molecular complexity index is 56.4. The molecule has 0 amide bonds. The Balaban J connectivity index is 3.17. The first kappa shape index (κ1) is 8.39. The second kappa shape index (κ2) is 4.29. The van der Waals surface area contributed by atoms with Gasteiger partial charge in [-0.3, -0.25) is 0 Å². The molecule has 0 aliphatic heterocycles. The van der Waals surface area contributed by atoms with E-state index < -0.39 is 0 Å². The van der Waals surface area contributed by atoms with Gasteiger partial charge >= 0.3 is 0 Å². The first-order valence-corrected chi connectivity index (χ1v) is 9.78. The highest BCUT2D eigenvalue weighted by Crippen LogP contribution is 1.97. The molecule has 0 aromatic carbocycles. The topological polar surface area (TPSA) is 12.0 Å². The van der Waals surface area contributed by atoms with E-state index in [9.17, 15) is 0 Å². The molecule has 0 rings (SSSR count). The molecule has 0 spiro atoms. The highest BCUT2D eigenvalue weighted by molar-refractivity contribution is 6.87. The van der Waals surface area contributed by atoms with Crippen LogP contribution in [0.15, 0.2) is 0 Å². The Hall–Kier alpha value is 0.394. The van der Waals surface area contributed by atoms with Crippen molar-refractivity contribution in [3.05, 3.63) is 0 Å². The summed E-state index contributed by atoms with van der Waals surface area (Å²) in [7, 11) is 1.62. The van der Waals surface area contributed by atoms with Crippen LogP contribution in [0.4, 0.5) is 0 Å². The summed E-state index contributed by atoms with van der Waals surface area (Å²) in [5.41, 5.74) is 0. The quantitative estimate of drug-likeness (QED) is 0.504. The summed E-state index contributed by atoms with van der Waals surface area (Å²) in [5.74, 6) is 0.816. The molecule has 0 aliphatic rings. The molecule has 8 heavy (non-hydrogen) atoms. The van der Waals surface area contributed by atoms with Gasteiger partial charge in [0.1, 0.15) is 0 Å². The molecule has 0 aromatic heterocycles. The fraction of sp³-hybridized carbons (Fsp3) is 1.00. The van der Waals surface area contributed by atoms with Crippen molar-refractivity contribution in [2.45, 2.75) is 26.8 Å². The Morgan fingerprint density at radius 3 is 2.00 bits per heavy atom. The van der Waals surface area contributed by atoms with Gasteiger partial charge in [-0.2, -0.15) is 0 Å². The van der Waals surface area contributed by atoms with Gasteiger partial charge < -0.3 is 4.98 Å². The first-order valence-electron chi connectivity index (χ1n) is 3.41. The average molecular weight is 147 g/mol. The summed E-state index contributed by atoms with van der Waals surface area (Å²) in [6.07, 6.45) is 0. The van der Waals surface area contributed by atoms with Gasteiger partial charge in [-0.1, -0.05) is 20.8 Å². The molecule has 1 nitrogen and oxygen atoms in total. The van der Waals surface area contributed by atoms with E-state index in [0.717, 1.165) is 12.0 Å². The third kappa shape index (κ3) is 3.40. The van der Waals surface area contributed by atoms with Crippen LogP contribution >= 0.6 is 0 Å². The van der Waals surface area contributed by atoms with Crippen molar-refractivity contribution in [3.63, 3.8) is 0 Å². The summed E-state index contributed by atoms with van der Waals surface area (Å²) in [4.78, 5) is 3.55. The Morgan fingerprint density at radius 1 is 1.38 bits per heavy atom. The Morgan fingerprint density at radius 2 is 1.88 bits per heavy atom. The number of rotatable bonds is 3. The van der Waals surface area contributed by atoms with Crippen LogP contribution in [0.25, 0.3) is 0 Å². The van der Waals surface area contributed by atoms with Crippen molar-refractivity contribution >= 4 is 19.0 Å². The van der Waals surface area contributed by atoms with Gasteiger partial charge in [0.15, 0.2) is 0 Å². The van der Waals surface area contributed by atoms with Crippen molar-refractivity contribution in [2.24, 2.45) is 5.92 Å². The second-order valence-corrected chi connectivity index (χ2v) is 5.83. The molecule has 1 unspecified atom stereocenters. The van der Waals surface area contributed by atoms with E-state index in [0.29, 0.717) is 0 Å². The van der Waals surface area contributed by atoms with Crippen LogP contribution in [0.1, 0.15) is 20.8 Å². The van der Waals surface area contributed by atoms with Crippen LogP contribution in [0.2, 0.25) is 0 Å². The van der Waals surface area contributed by atoms with Crippen molar-refractivity contribution in [1.82, 2.24) is 4.98 Å². The van der Waals surface area contributed by atoms with Crippen LogP contribution in [0.5, 0.6) is 0 Å². The zero-order chi connectivity index (χ0) is 6.57. The van der Waals surface area contributed by atoms with Gasteiger partial charge in [0.2, 0.25) is 0 Å². The van der Waals surface area contributed by atoms with Gasteiger partial charge in [0.25, 0.3) is 0 Å². The number of hydrogen-bond acceptors (Lipinski definition) is 1. The molecule has 0 bridgehead atoms. The Kier molecular flexibility index (Phi) is 4.50. The molecule has 3 heteroatoms. The summed E-state index contributed by atoms with van der Waals surface area (Å²) in [6.45, 7) is 6.81. The maximum Gasteiger partial charge on any atom is 0.0725 e. The number of hydrogen-bond donors (Lipinski definition) is 1. The lowest BCUT2D eigenvalue weighted by Crippen LogP contribution is -2.33. The zero-order valence-corrected chi connectivity index (χ0v) is 9.78. The lowest BCUT2D eigenvalue weighted by atomic mass is 10.1. The second-order valence-electron chi connectivity index (χ2n) is 2.59. The van der Waals surface area contributed by atoms with Gasteiger partial charge in [0, 0.05) is 9.76 Å². The summed E-state index contributed by atoms with van der Waals surface area (Å²) in [5, 5.41) is 0. The van der Waals surface area contributed by atoms with Crippen molar-refractivity contribution in [2.75, 3.05) is 0 Å². The molecule has 0 saturated carbocycles. The van der Waals surface area contributed by atoms with Gasteiger partial charge in [-0.25, -0.2) is 0 Å². The van der Waals surface area contributed by atoms with E-state index in [1.807, 2.05) is 0 Å². The highest BCUT2D eigenvalue weighted by Gasteiger charge is 2.02. The molecule has 1 atom stereocenters. The van der Waals surface area contributed by atoms with E-state index in [2.05, 4.69) is 25.8 Å². The van der Waals surface area contributed by atoms with Crippen LogP contribution in [0.3, 0.4) is 0 Å². The van der Waals surface area contributed by atoms with E-state index in [-0.39, 0.29) is 9.20 Å². The van der Waals surface area contributed by atoms with E-state index >= 15 is 0 Å². The smallest absolute Gasteiger partial charge is 0.0725 e. The van der Waals surface area contributed by atoms with Gasteiger partial charge in [-0.05, 0) is 12.0 Å².